The fraction of sp³-hybridized carbons (Fsp3) is 0.273. The van der Waals surface area contributed by atoms with Gasteiger partial charge in [0.25, 0.3) is 5.91 Å². The Balaban J connectivity index is 2.54. The lowest BCUT2D eigenvalue weighted by Crippen LogP contribution is -2.24. The average Bonchev–Trinajstić information content (AvgIpc) is 2.29. The van der Waals surface area contributed by atoms with Gasteiger partial charge in [-0.25, -0.2) is 0 Å². The molecule has 1 heterocycles. The zero-order chi connectivity index (χ0) is 10.8. The summed E-state index contributed by atoms with van der Waals surface area (Å²) in [6, 6.07) is 7.24. The SMILES string of the molecule is COC1=NC(=O)c2ccccc2C1OC. The quantitative estimate of drug-likeness (QED) is 0.699. The summed E-state index contributed by atoms with van der Waals surface area (Å²) < 4.78 is 10.3. The number of hydrogen-bond acceptors (Lipinski definition) is 3. The Bertz CT molecular complexity index is 426. The van der Waals surface area contributed by atoms with E-state index in [0.717, 1.165) is 5.56 Å². The standard InChI is InChI=1S/C11H11NO3/c1-14-9-7-5-3-4-6-8(7)10(13)12-11(9)15-2/h3-6,9H,1-2H3. The number of ether oxygens (including phenoxy) is 2. The summed E-state index contributed by atoms with van der Waals surface area (Å²) >= 11 is 0. The number of benzene rings is 1. The number of methoxy groups -OCH3 is 2. The fourth-order valence-corrected chi connectivity index (χ4v) is 1.65. The van der Waals surface area contributed by atoms with Gasteiger partial charge in [0, 0.05) is 18.2 Å². The van der Waals surface area contributed by atoms with Crippen LogP contribution in [-0.2, 0) is 9.47 Å². The van der Waals surface area contributed by atoms with Gasteiger partial charge in [0.15, 0.2) is 6.10 Å². The highest BCUT2D eigenvalue weighted by molar-refractivity contribution is 6.08. The maximum Gasteiger partial charge on any atom is 0.280 e. The largest absolute Gasteiger partial charge is 0.482 e. The molecule has 1 aliphatic heterocycles. The van der Waals surface area contributed by atoms with Crippen molar-refractivity contribution in [3.05, 3.63) is 35.4 Å². The molecule has 4 heteroatoms. The van der Waals surface area contributed by atoms with Gasteiger partial charge >= 0.3 is 0 Å². The summed E-state index contributed by atoms with van der Waals surface area (Å²) in [6.45, 7) is 0. The second-order valence-corrected chi connectivity index (χ2v) is 3.16. The van der Waals surface area contributed by atoms with E-state index in [1.165, 1.54) is 7.11 Å². The molecule has 78 valence electrons. The second kappa shape index (κ2) is 3.82. The van der Waals surface area contributed by atoms with E-state index < -0.39 is 0 Å². The first-order chi connectivity index (χ1) is 7.27. The van der Waals surface area contributed by atoms with Crippen molar-refractivity contribution in [2.24, 2.45) is 4.99 Å². The minimum Gasteiger partial charge on any atom is -0.482 e. The van der Waals surface area contributed by atoms with Gasteiger partial charge < -0.3 is 9.47 Å². The van der Waals surface area contributed by atoms with E-state index in [2.05, 4.69) is 4.99 Å². The van der Waals surface area contributed by atoms with Gasteiger partial charge in [-0.05, 0) is 6.07 Å². The van der Waals surface area contributed by atoms with Crippen LogP contribution < -0.4 is 0 Å². The number of fused-ring (bicyclic) bond motifs is 1. The summed E-state index contributed by atoms with van der Waals surface area (Å²) in [4.78, 5) is 15.4. The van der Waals surface area contributed by atoms with Gasteiger partial charge in [0.05, 0.1) is 7.11 Å². The summed E-state index contributed by atoms with van der Waals surface area (Å²) in [5, 5.41) is 0. The number of amides is 1. The molecule has 0 radical (unpaired) electrons. The predicted molar refractivity (Wildman–Crippen MR) is 55.0 cm³/mol. The maximum atomic E-state index is 11.6. The molecule has 1 unspecified atom stereocenters. The highest BCUT2D eigenvalue weighted by atomic mass is 16.5. The number of nitrogens with zero attached hydrogens (tertiary/aromatic N) is 1. The Morgan fingerprint density at radius 1 is 1.27 bits per heavy atom. The Morgan fingerprint density at radius 2 is 2.00 bits per heavy atom. The normalized spacial score (nSPS) is 19.5. The molecule has 0 fully saturated rings. The predicted octanol–water partition coefficient (Wildman–Crippen LogP) is 1.57. The van der Waals surface area contributed by atoms with Crippen LogP contribution in [0.5, 0.6) is 0 Å². The summed E-state index contributed by atoms with van der Waals surface area (Å²) in [5.41, 5.74) is 1.38. The van der Waals surface area contributed by atoms with Crippen molar-refractivity contribution in [2.75, 3.05) is 14.2 Å². The molecule has 15 heavy (non-hydrogen) atoms. The van der Waals surface area contributed by atoms with Gasteiger partial charge in [-0.1, -0.05) is 18.2 Å². The average molecular weight is 205 g/mol. The smallest absolute Gasteiger partial charge is 0.280 e. The topological polar surface area (TPSA) is 47.9 Å². The maximum absolute atomic E-state index is 11.6. The second-order valence-electron chi connectivity index (χ2n) is 3.16. The lowest BCUT2D eigenvalue weighted by molar-refractivity contribution is 0.0951. The third kappa shape index (κ3) is 1.53. The molecule has 0 aliphatic carbocycles. The van der Waals surface area contributed by atoms with Gasteiger partial charge in [-0.2, -0.15) is 4.99 Å². The van der Waals surface area contributed by atoms with Crippen LogP contribution in [0.15, 0.2) is 29.3 Å². The third-order valence-electron chi connectivity index (χ3n) is 2.35. The molecule has 1 aliphatic rings. The van der Waals surface area contributed by atoms with E-state index >= 15 is 0 Å². The highest BCUT2D eigenvalue weighted by Crippen LogP contribution is 2.27. The van der Waals surface area contributed by atoms with Crippen LogP contribution in [0.1, 0.15) is 22.0 Å². The molecule has 1 amide bonds. The van der Waals surface area contributed by atoms with Crippen LogP contribution in [-0.4, -0.2) is 26.0 Å². The molecule has 4 nitrogen and oxygen atoms in total. The zero-order valence-corrected chi connectivity index (χ0v) is 8.56. The number of carbonyl (C=O) groups is 1. The van der Waals surface area contributed by atoms with E-state index in [1.807, 2.05) is 12.1 Å². The van der Waals surface area contributed by atoms with Crippen molar-refractivity contribution < 1.29 is 14.3 Å². The Hall–Kier alpha value is -1.68. The Kier molecular flexibility index (Phi) is 2.51. The van der Waals surface area contributed by atoms with Gasteiger partial charge in [-0.15, -0.1) is 0 Å². The van der Waals surface area contributed by atoms with Gasteiger partial charge in [0.2, 0.25) is 5.90 Å². The van der Waals surface area contributed by atoms with Crippen molar-refractivity contribution in [1.82, 2.24) is 0 Å². The monoisotopic (exact) mass is 205 g/mol. The highest BCUT2D eigenvalue weighted by Gasteiger charge is 2.29. The van der Waals surface area contributed by atoms with Crippen LogP contribution in [0.4, 0.5) is 0 Å². The molecule has 0 aromatic heterocycles. The van der Waals surface area contributed by atoms with E-state index in [1.54, 1.807) is 19.2 Å². The van der Waals surface area contributed by atoms with Gasteiger partial charge in [-0.3, -0.25) is 4.79 Å². The van der Waals surface area contributed by atoms with Crippen LogP contribution >= 0.6 is 0 Å². The number of hydrogen-bond donors (Lipinski definition) is 0. The Morgan fingerprint density at radius 3 is 2.67 bits per heavy atom. The lowest BCUT2D eigenvalue weighted by Gasteiger charge is -2.22. The summed E-state index contributed by atoms with van der Waals surface area (Å²) in [5.74, 6) is 0.0250. The van der Waals surface area contributed by atoms with E-state index in [-0.39, 0.29) is 12.0 Å². The van der Waals surface area contributed by atoms with Crippen molar-refractivity contribution >= 4 is 11.8 Å². The molecular formula is C11H11NO3. The van der Waals surface area contributed by atoms with Crippen molar-refractivity contribution in [3.8, 4) is 0 Å². The van der Waals surface area contributed by atoms with E-state index in [0.29, 0.717) is 11.5 Å². The van der Waals surface area contributed by atoms with Crippen molar-refractivity contribution in [3.63, 3.8) is 0 Å². The first-order valence-electron chi connectivity index (χ1n) is 4.56. The molecule has 0 saturated heterocycles. The molecule has 1 aromatic carbocycles. The molecule has 1 aromatic rings. The number of rotatable bonds is 1. The van der Waals surface area contributed by atoms with Crippen LogP contribution in [0.25, 0.3) is 0 Å². The molecule has 0 saturated carbocycles. The van der Waals surface area contributed by atoms with E-state index in [4.69, 9.17) is 9.47 Å². The van der Waals surface area contributed by atoms with Crippen molar-refractivity contribution in [2.45, 2.75) is 6.10 Å². The molecule has 0 N–H and O–H groups in total. The molecular weight excluding hydrogens is 194 g/mol. The minimum absolute atomic E-state index is 0.282. The fourth-order valence-electron chi connectivity index (χ4n) is 1.65. The van der Waals surface area contributed by atoms with E-state index in [9.17, 15) is 4.79 Å². The molecule has 0 spiro atoms. The van der Waals surface area contributed by atoms with Gasteiger partial charge in [0.1, 0.15) is 0 Å². The first kappa shape index (κ1) is 9.86. The number of carbonyl (C=O) groups excluding carboxylic acids is 1. The molecule has 1 atom stereocenters. The van der Waals surface area contributed by atoms with Crippen LogP contribution in [0, 0.1) is 0 Å². The Labute approximate surface area is 87.5 Å². The summed E-state index contributed by atoms with van der Waals surface area (Å²) in [7, 11) is 3.04. The number of aliphatic imine (C=N–C) groups is 1. The van der Waals surface area contributed by atoms with Crippen LogP contribution in [0.2, 0.25) is 0 Å². The lowest BCUT2D eigenvalue weighted by atomic mass is 9.99. The summed E-state index contributed by atoms with van der Waals surface area (Å²) in [6.07, 6.45) is -0.385. The van der Waals surface area contributed by atoms with Crippen molar-refractivity contribution in [1.29, 1.82) is 0 Å². The zero-order valence-electron chi connectivity index (χ0n) is 8.56. The molecule has 0 bridgehead atoms. The third-order valence-corrected chi connectivity index (χ3v) is 2.35. The minimum atomic E-state index is -0.385. The van der Waals surface area contributed by atoms with Crippen LogP contribution in [0.3, 0.4) is 0 Å². The first-order valence-corrected chi connectivity index (χ1v) is 4.56. The molecule has 2 rings (SSSR count).